The molecule has 0 aliphatic rings. The van der Waals surface area contributed by atoms with Gasteiger partial charge in [0.05, 0.1) is 11.4 Å². The van der Waals surface area contributed by atoms with Gasteiger partial charge in [0.15, 0.2) is 0 Å². The number of hydrogen-bond acceptors (Lipinski definition) is 4. The van der Waals surface area contributed by atoms with E-state index in [-0.39, 0.29) is 0 Å². The van der Waals surface area contributed by atoms with Crippen molar-refractivity contribution in [3.8, 4) is 0 Å². The van der Waals surface area contributed by atoms with Crippen LogP contribution >= 0.6 is 11.8 Å². The molecular weight excluding hydrogens is 218 g/mol. The summed E-state index contributed by atoms with van der Waals surface area (Å²) in [5, 5.41) is 3.98. The summed E-state index contributed by atoms with van der Waals surface area (Å²) >= 11 is 1.88. The van der Waals surface area contributed by atoms with Crippen LogP contribution in [0.4, 0.5) is 0 Å². The third-order valence-corrected chi connectivity index (χ3v) is 3.13. The van der Waals surface area contributed by atoms with Crippen molar-refractivity contribution in [2.24, 2.45) is 0 Å². The molecule has 1 aromatic heterocycles. The predicted octanol–water partition coefficient (Wildman–Crippen LogP) is 2.62. The van der Waals surface area contributed by atoms with Gasteiger partial charge < -0.3 is 5.32 Å². The summed E-state index contributed by atoms with van der Waals surface area (Å²) in [6.07, 6.45) is 3.01. The van der Waals surface area contributed by atoms with E-state index in [9.17, 15) is 0 Å². The minimum Gasteiger partial charge on any atom is -0.311 e. The van der Waals surface area contributed by atoms with Crippen LogP contribution in [0.5, 0.6) is 0 Å². The monoisotopic (exact) mass is 239 g/mol. The molecule has 0 aliphatic carbocycles. The average Bonchev–Trinajstić information content (AvgIpc) is 2.27. The molecule has 16 heavy (non-hydrogen) atoms. The molecule has 0 aromatic carbocycles. The lowest BCUT2D eigenvalue weighted by atomic mass is 10.4. The number of aromatic nitrogens is 2. The van der Waals surface area contributed by atoms with Crippen molar-refractivity contribution in [1.82, 2.24) is 15.3 Å². The van der Waals surface area contributed by atoms with Gasteiger partial charge in [0.25, 0.3) is 0 Å². The highest BCUT2D eigenvalue weighted by Gasteiger charge is 2.01. The van der Waals surface area contributed by atoms with Gasteiger partial charge in [0, 0.05) is 12.7 Å². The molecule has 0 aliphatic heterocycles. The third-order valence-electron chi connectivity index (χ3n) is 2.04. The minimum atomic E-state index is 0.630. The van der Waals surface area contributed by atoms with Gasteiger partial charge >= 0.3 is 0 Å². The quantitative estimate of drug-likeness (QED) is 0.742. The van der Waals surface area contributed by atoms with Crippen molar-refractivity contribution >= 4 is 11.8 Å². The molecule has 1 heterocycles. The first kappa shape index (κ1) is 13.5. The molecule has 0 amide bonds. The lowest BCUT2D eigenvalue weighted by molar-refractivity contribution is 0.660. The van der Waals surface area contributed by atoms with Crippen molar-refractivity contribution in [3.63, 3.8) is 0 Å². The highest BCUT2D eigenvalue weighted by atomic mass is 32.2. The van der Waals surface area contributed by atoms with Crippen molar-refractivity contribution in [2.45, 2.75) is 44.7 Å². The Morgan fingerprint density at radius 3 is 2.94 bits per heavy atom. The van der Waals surface area contributed by atoms with Crippen LogP contribution in [-0.2, 0) is 12.3 Å². The summed E-state index contributed by atoms with van der Waals surface area (Å²) in [6, 6.07) is 1.98. The Balaban J connectivity index is 2.43. The van der Waals surface area contributed by atoms with E-state index in [2.05, 4.69) is 36.1 Å². The molecule has 4 heteroatoms. The van der Waals surface area contributed by atoms with Gasteiger partial charge in [-0.1, -0.05) is 20.8 Å². The Hall–Kier alpha value is -0.610. The fourth-order valence-electron chi connectivity index (χ4n) is 1.24. The van der Waals surface area contributed by atoms with Crippen molar-refractivity contribution in [2.75, 3.05) is 6.54 Å². The lowest BCUT2D eigenvalue weighted by Gasteiger charge is -2.06. The molecule has 1 aromatic rings. The first-order valence-corrected chi connectivity index (χ1v) is 6.90. The number of nitrogens with one attached hydrogen (secondary N) is 1. The SMILES string of the molecule is CCCNCc1ccnc(CSC(C)C)n1. The van der Waals surface area contributed by atoms with Crippen molar-refractivity contribution in [3.05, 3.63) is 23.8 Å². The van der Waals surface area contributed by atoms with Gasteiger partial charge in [-0.05, 0) is 24.3 Å². The van der Waals surface area contributed by atoms with Crippen LogP contribution in [-0.4, -0.2) is 21.8 Å². The van der Waals surface area contributed by atoms with Crippen LogP contribution in [0.1, 0.15) is 38.7 Å². The molecule has 3 nitrogen and oxygen atoms in total. The number of thioether (sulfide) groups is 1. The summed E-state index contributed by atoms with van der Waals surface area (Å²) in [6.45, 7) is 8.43. The highest BCUT2D eigenvalue weighted by molar-refractivity contribution is 7.99. The largest absolute Gasteiger partial charge is 0.311 e. The van der Waals surface area contributed by atoms with E-state index >= 15 is 0 Å². The molecule has 90 valence electrons. The second-order valence-electron chi connectivity index (χ2n) is 4.00. The van der Waals surface area contributed by atoms with Gasteiger partial charge in [-0.2, -0.15) is 11.8 Å². The van der Waals surface area contributed by atoms with E-state index in [0.717, 1.165) is 36.8 Å². The van der Waals surface area contributed by atoms with Crippen LogP contribution < -0.4 is 5.32 Å². The number of rotatable bonds is 7. The van der Waals surface area contributed by atoms with Gasteiger partial charge in [-0.3, -0.25) is 0 Å². The molecule has 1 N–H and O–H groups in total. The summed E-state index contributed by atoms with van der Waals surface area (Å²) in [4.78, 5) is 8.80. The van der Waals surface area contributed by atoms with Gasteiger partial charge in [0.1, 0.15) is 5.82 Å². The fourth-order valence-corrected chi connectivity index (χ4v) is 1.87. The summed E-state index contributed by atoms with van der Waals surface area (Å²) < 4.78 is 0. The topological polar surface area (TPSA) is 37.8 Å². The standard InChI is InChI=1S/C12H21N3S/c1-4-6-13-8-11-5-7-14-12(15-11)9-16-10(2)3/h5,7,10,13H,4,6,8-9H2,1-3H3. The predicted molar refractivity (Wildman–Crippen MR) is 70.5 cm³/mol. The number of hydrogen-bond donors (Lipinski definition) is 1. The summed E-state index contributed by atoms with van der Waals surface area (Å²) in [5.41, 5.74) is 1.09. The molecular formula is C12H21N3S. The Kier molecular flexibility index (Phi) is 6.42. The zero-order chi connectivity index (χ0) is 11.8. The Morgan fingerprint density at radius 2 is 2.25 bits per heavy atom. The maximum Gasteiger partial charge on any atom is 0.138 e. The van der Waals surface area contributed by atoms with E-state index in [1.165, 1.54) is 0 Å². The normalized spacial score (nSPS) is 11.0. The highest BCUT2D eigenvalue weighted by Crippen LogP contribution is 2.14. The molecule has 0 spiro atoms. The smallest absolute Gasteiger partial charge is 0.138 e. The summed E-state index contributed by atoms with van der Waals surface area (Å²) in [5.74, 6) is 1.84. The van der Waals surface area contributed by atoms with E-state index in [0.29, 0.717) is 5.25 Å². The van der Waals surface area contributed by atoms with E-state index in [4.69, 9.17) is 0 Å². The Morgan fingerprint density at radius 1 is 1.44 bits per heavy atom. The first-order chi connectivity index (χ1) is 7.72. The van der Waals surface area contributed by atoms with Crippen LogP contribution in [0.2, 0.25) is 0 Å². The Labute approximate surface area is 102 Å². The zero-order valence-electron chi connectivity index (χ0n) is 10.4. The second kappa shape index (κ2) is 7.63. The van der Waals surface area contributed by atoms with E-state index < -0.39 is 0 Å². The molecule has 0 atom stereocenters. The Bertz CT molecular complexity index is 302. The maximum absolute atomic E-state index is 4.52. The second-order valence-corrected chi connectivity index (χ2v) is 5.57. The molecule has 1 rings (SSSR count). The third kappa shape index (κ3) is 5.47. The fraction of sp³-hybridized carbons (Fsp3) is 0.667. The van der Waals surface area contributed by atoms with Crippen LogP contribution in [0, 0.1) is 0 Å². The van der Waals surface area contributed by atoms with Gasteiger partial charge in [0.2, 0.25) is 0 Å². The summed E-state index contributed by atoms with van der Waals surface area (Å²) in [7, 11) is 0. The van der Waals surface area contributed by atoms with Crippen LogP contribution in [0.3, 0.4) is 0 Å². The van der Waals surface area contributed by atoms with Crippen molar-refractivity contribution in [1.29, 1.82) is 0 Å². The van der Waals surface area contributed by atoms with Gasteiger partial charge in [-0.25, -0.2) is 9.97 Å². The van der Waals surface area contributed by atoms with E-state index in [1.54, 1.807) is 0 Å². The van der Waals surface area contributed by atoms with E-state index in [1.807, 2.05) is 24.0 Å². The molecule has 0 radical (unpaired) electrons. The maximum atomic E-state index is 4.52. The minimum absolute atomic E-state index is 0.630. The van der Waals surface area contributed by atoms with Crippen molar-refractivity contribution < 1.29 is 0 Å². The molecule has 0 saturated heterocycles. The molecule has 0 unspecified atom stereocenters. The van der Waals surface area contributed by atoms with Gasteiger partial charge in [-0.15, -0.1) is 0 Å². The molecule has 0 saturated carbocycles. The average molecular weight is 239 g/mol. The number of nitrogens with zero attached hydrogens (tertiary/aromatic N) is 2. The van der Waals surface area contributed by atoms with Crippen LogP contribution in [0.25, 0.3) is 0 Å². The first-order valence-electron chi connectivity index (χ1n) is 5.85. The zero-order valence-corrected chi connectivity index (χ0v) is 11.2. The lowest BCUT2D eigenvalue weighted by Crippen LogP contribution is -2.15. The molecule has 0 fully saturated rings. The van der Waals surface area contributed by atoms with Crippen LogP contribution in [0.15, 0.2) is 12.3 Å². The molecule has 0 bridgehead atoms.